The molecule has 0 aliphatic heterocycles. The molecule has 1 amide bonds. The third-order valence-corrected chi connectivity index (χ3v) is 3.32. The maximum absolute atomic E-state index is 12.2. The van der Waals surface area contributed by atoms with Crippen LogP contribution in [0.1, 0.15) is 10.4 Å². The molecule has 0 bridgehead atoms. The highest BCUT2D eigenvalue weighted by atomic mass is 16.5. The standard InChI is InChI=1S/C17H19N3O3/c1-19(2)13-8-10-20(11-9-13)12-16(21)18-15-7-5-4-6-14(15)17(22)23-3/h4-11H,12H2,1-3H3/p+1. The number of carbonyl (C=O) groups is 2. The molecule has 0 spiro atoms. The highest BCUT2D eigenvalue weighted by Gasteiger charge is 2.15. The Morgan fingerprint density at radius 2 is 1.78 bits per heavy atom. The van der Waals surface area contributed by atoms with Crippen molar-refractivity contribution in [1.29, 1.82) is 0 Å². The fraction of sp³-hybridized carbons (Fsp3) is 0.235. The van der Waals surface area contributed by atoms with Crippen molar-refractivity contribution < 1.29 is 18.9 Å². The van der Waals surface area contributed by atoms with Crippen LogP contribution in [0.2, 0.25) is 0 Å². The van der Waals surface area contributed by atoms with E-state index in [0.717, 1.165) is 5.69 Å². The number of anilines is 2. The Kier molecular flexibility index (Phi) is 5.30. The molecule has 1 aromatic heterocycles. The second-order valence-electron chi connectivity index (χ2n) is 5.21. The van der Waals surface area contributed by atoms with Gasteiger partial charge in [-0.2, -0.15) is 4.57 Å². The van der Waals surface area contributed by atoms with Crippen LogP contribution in [0.15, 0.2) is 48.8 Å². The largest absolute Gasteiger partial charge is 0.465 e. The first-order valence-corrected chi connectivity index (χ1v) is 7.15. The molecular weight excluding hydrogens is 294 g/mol. The van der Waals surface area contributed by atoms with Crippen LogP contribution in [0.4, 0.5) is 11.4 Å². The number of pyridine rings is 1. The van der Waals surface area contributed by atoms with Crippen LogP contribution in [0.5, 0.6) is 0 Å². The smallest absolute Gasteiger partial charge is 0.339 e. The minimum Gasteiger partial charge on any atom is -0.465 e. The molecule has 0 atom stereocenters. The molecule has 2 aromatic rings. The van der Waals surface area contributed by atoms with E-state index < -0.39 is 5.97 Å². The van der Waals surface area contributed by atoms with E-state index in [1.54, 1.807) is 28.8 Å². The number of benzene rings is 1. The van der Waals surface area contributed by atoms with E-state index in [2.05, 4.69) is 5.32 Å². The summed E-state index contributed by atoms with van der Waals surface area (Å²) < 4.78 is 6.48. The lowest BCUT2D eigenvalue weighted by atomic mass is 10.2. The summed E-state index contributed by atoms with van der Waals surface area (Å²) in [7, 11) is 5.22. The number of hydrogen-bond donors (Lipinski definition) is 1. The summed E-state index contributed by atoms with van der Waals surface area (Å²) in [5.41, 5.74) is 1.82. The molecule has 120 valence electrons. The summed E-state index contributed by atoms with van der Waals surface area (Å²) in [5, 5.41) is 2.74. The Morgan fingerprint density at radius 3 is 2.39 bits per heavy atom. The van der Waals surface area contributed by atoms with E-state index >= 15 is 0 Å². The van der Waals surface area contributed by atoms with Crippen molar-refractivity contribution in [3.8, 4) is 0 Å². The SMILES string of the molecule is COC(=O)c1ccccc1NC(=O)C[n+]1ccc(N(C)C)cc1. The van der Waals surface area contributed by atoms with Crippen LogP contribution in [0.3, 0.4) is 0 Å². The lowest BCUT2D eigenvalue weighted by Gasteiger charge is -2.11. The molecule has 0 saturated heterocycles. The number of rotatable bonds is 5. The van der Waals surface area contributed by atoms with Crippen molar-refractivity contribution in [2.45, 2.75) is 6.54 Å². The maximum atomic E-state index is 12.2. The van der Waals surface area contributed by atoms with Crippen molar-refractivity contribution >= 4 is 23.3 Å². The van der Waals surface area contributed by atoms with Gasteiger partial charge >= 0.3 is 5.97 Å². The van der Waals surface area contributed by atoms with Crippen molar-refractivity contribution in [2.75, 3.05) is 31.4 Å². The molecule has 1 aromatic carbocycles. The van der Waals surface area contributed by atoms with Gasteiger partial charge in [-0.25, -0.2) is 4.79 Å². The Hall–Kier alpha value is -2.89. The van der Waals surface area contributed by atoms with Gasteiger partial charge in [0.05, 0.1) is 18.4 Å². The molecule has 0 fully saturated rings. The molecule has 0 radical (unpaired) electrons. The number of esters is 1. The summed E-state index contributed by atoms with van der Waals surface area (Å²) in [6, 6.07) is 10.6. The molecular formula is C17H20N3O3+. The van der Waals surface area contributed by atoms with Gasteiger partial charge < -0.3 is 15.0 Å². The Morgan fingerprint density at radius 1 is 1.13 bits per heavy atom. The fourth-order valence-corrected chi connectivity index (χ4v) is 2.09. The zero-order valence-corrected chi connectivity index (χ0v) is 13.4. The third-order valence-electron chi connectivity index (χ3n) is 3.32. The minimum absolute atomic E-state index is 0.156. The van der Waals surface area contributed by atoms with Crippen LogP contribution < -0.4 is 14.8 Å². The van der Waals surface area contributed by atoms with Gasteiger partial charge in [0.25, 0.3) is 5.91 Å². The molecule has 2 rings (SSSR count). The molecule has 0 aliphatic carbocycles. The molecule has 6 heteroatoms. The number of carbonyl (C=O) groups excluding carboxylic acids is 2. The number of methoxy groups -OCH3 is 1. The first kappa shape index (κ1) is 16.5. The molecule has 1 heterocycles. The molecule has 23 heavy (non-hydrogen) atoms. The van der Waals surface area contributed by atoms with Gasteiger partial charge in [-0.3, -0.25) is 4.79 Å². The zero-order valence-electron chi connectivity index (χ0n) is 13.4. The van der Waals surface area contributed by atoms with Gasteiger partial charge in [0.1, 0.15) is 0 Å². The zero-order chi connectivity index (χ0) is 16.8. The number of nitrogens with one attached hydrogen (secondary N) is 1. The Balaban J connectivity index is 2.07. The summed E-state index contributed by atoms with van der Waals surface area (Å²) in [5.74, 6) is -0.701. The average Bonchev–Trinajstić information content (AvgIpc) is 2.55. The molecule has 0 saturated carbocycles. The summed E-state index contributed by atoms with van der Waals surface area (Å²) in [6.07, 6.45) is 3.67. The van der Waals surface area contributed by atoms with Gasteiger partial charge in [0, 0.05) is 31.9 Å². The van der Waals surface area contributed by atoms with Gasteiger partial charge in [-0.15, -0.1) is 0 Å². The van der Waals surface area contributed by atoms with Crippen molar-refractivity contribution in [3.63, 3.8) is 0 Å². The van der Waals surface area contributed by atoms with E-state index in [-0.39, 0.29) is 12.5 Å². The monoisotopic (exact) mass is 314 g/mol. The van der Waals surface area contributed by atoms with Crippen LogP contribution in [-0.4, -0.2) is 33.1 Å². The van der Waals surface area contributed by atoms with Crippen molar-refractivity contribution in [2.24, 2.45) is 0 Å². The van der Waals surface area contributed by atoms with Crippen molar-refractivity contribution in [1.82, 2.24) is 0 Å². The summed E-state index contributed by atoms with van der Waals surface area (Å²) >= 11 is 0. The first-order valence-electron chi connectivity index (χ1n) is 7.15. The van der Waals surface area contributed by atoms with Crippen molar-refractivity contribution in [3.05, 3.63) is 54.4 Å². The first-order chi connectivity index (χ1) is 11.0. The van der Waals surface area contributed by atoms with E-state index in [1.165, 1.54) is 7.11 Å². The van der Waals surface area contributed by atoms with Gasteiger partial charge in [0.2, 0.25) is 6.54 Å². The maximum Gasteiger partial charge on any atom is 0.339 e. The Bertz CT molecular complexity index is 696. The summed E-state index contributed by atoms with van der Waals surface area (Å²) in [6.45, 7) is 0.156. The van der Waals surface area contributed by atoms with E-state index in [4.69, 9.17) is 4.74 Å². The second-order valence-corrected chi connectivity index (χ2v) is 5.21. The second kappa shape index (κ2) is 7.40. The van der Waals surface area contributed by atoms with Crippen LogP contribution in [0.25, 0.3) is 0 Å². The van der Waals surface area contributed by atoms with Crippen LogP contribution in [0, 0.1) is 0 Å². The molecule has 6 nitrogen and oxygen atoms in total. The number of para-hydroxylation sites is 1. The molecule has 0 unspecified atom stereocenters. The fourth-order valence-electron chi connectivity index (χ4n) is 2.09. The van der Waals surface area contributed by atoms with E-state index in [0.29, 0.717) is 11.3 Å². The number of hydrogen-bond acceptors (Lipinski definition) is 4. The summed E-state index contributed by atoms with van der Waals surface area (Å²) in [4.78, 5) is 25.8. The highest BCUT2D eigenvalue weighted by molar-refractivity contribution is 6.00. The molecule has 0 aliphatic rings. The topological polar surface area (TPSA) is 62.5 Å². The van der Waals surface area contributed by atoms with Gasteiger partial charge in [0.15, 0.2) is 12.4 Å². The normalized spacial score (nSPS) is 10.0. The average molecular weight is 314 g/mol. The van der Waals surface area contributed by atoms with Gasteiger partial charge in [-0.05, 0) is 12.1 Å². The number of nitrogens with zero attached hydrogens (tertiary/aromatic N) is 2. The molecule has 1 N–H and O–H groups in total. The van der Waals surface area contributed by atoms with E-state index in [9.17, 15) is 9.59 Å². The predicted octanol–water partition coefficient (Wildman–Crippen LogP) is 1.47. The quantitative estimate of drug-likeness (QED) is 0.670. The lowest BCUT2D eigenvalue weighted by molar-refractivity contribution is -0.684. The van der Waals surface area contributed by atoms with Crippen LogP contribution in [-0.2, 0) is 16.1 Å². The number of ether oxygens (including phenoxy) is 1. The lowest BCUT2D eigenvalue weighted by Crippen LogP contribution is -2.39. The number of amides is 1. The predicted molar refractivity (Wildman–Crippen MR) is 87.4 cm³/mol. The third kappa shape index (κ3) is 4.29. The minimum atomic E-state index is -0.483. The van der Waals surface area contributed by atoms with E-state index in [1.807, 2.05) is 43.5 Å². The number of aromatic nitrogens is 1. The van der Waals surface area contributed by atoms with Gasteiger partial charge in [-0.1, -0.05) is 12.1 Å². The van der Waals surface area contributed by atoms with Crippen LogP contribution >= 0.6 is 0 Å². The highest BCUT2D eigenvalue weighted by Crippen LogP contribution is 2.15. The Labute approximate surface area is 135 Å².